The molecule has 3 N–H and O–H groups in total. The van der Waals surface area contributed by atoms with Gasteiger partial charge in [0.05, 0.1) is 0 Å². The fourth-order valence-electron chi connectivity index (χ4n) is 3.17. The Hall–Kier alpha value is -3.28. The van der Waals surface area contributed by atoms with E-state index in [0.29, 0.717) is 5.69 Å². The second-order valence-corrected chi connectivity index (χ2v) is 7.12. The normalized spacial score (nSPS) is 13.7. The van der Waals surface area contributed by atoms with Gasteiger partial charge in [0.15, 0.2) is 0 Å². The number of amides is 2. The lowest BCUT2D eigenvalue weighted by molar-refractivity contribution is -0.117. The predicted octanol–water partition coefficient (Wildman–Crippen LogP) is 3.82. The first-order valence-corrected chi connectivity index (χ1v) is 10.1. The van der Waals surface area contributed by atoms with Gasteiger partial charge in [0.25, 0.3) is 11.8 Å². The van der Waals surface area contributed by atoms with Crippen LogP contribution in [0.25, 0.3) is 10.9 Å². The van der Waals surface area contributed by atoms with Crippen molar-refractivity contribution in [2.24, 2.45) is 0 Å². The molecule has 1 aromatic carbocycles. The van der Waals surface area contributed by atoms with Crippen LogP contribution in [0.2, 0.25) is 0 Å². The number of aromatic nitrogens is 1. The van der Waals surface area contributed by atoms with E-state index in [-0.39, 0.29) is 5.91 Å². The molecule has 0 spiro atoms. The van der Waals surface area contributed by atoms with Crippen LogP contribution in [0.5, 0.6) is 0 Å². The molecular weight excluding hydrogens is 364 g/mol. The van der Waals surface area contributed by atoms with Crippen molar-refractivity contribution in [2.75, 3.05) is 13.1 Å². The second-order valence-electron chi connectivity index (χ2n) is 7.12. The van der Waals surface area contributed by atoms with E-state index < -0.39 is 5.91 Å². The lowest BCUT2D eigenvalue weighted by Gasteiger charge is -2.21. The summed E-state index contributed by atoms with van der Waals surface area (Å²) in [7, 11) is 0. The van der Waals surface area contributed by atoms with Gasteiger partial charge in [-0.3, -0.25) is 20.4 Å². The molecule has 0 aliphatic carbocycles. The summed E-state index contributed by atoms with van der Waals surface area (Å²) in [6.07, 6.45) is 14.3. The Morgan fingerprint density at radius 3 is 2.79 bits per heavy atom. The number of H-pyrrole nitrogens is 1. The van der Waals surface area contributed by atoms with Crippen LogP contribution in [0.3, 0.4) is 0 Å². The Labute approximate surface area is 171 Å². The molecule has 152 valence electrons. The molecule has 6 heteroatoms. The van der Waals surface area contributed by atoms with Crippen molar-refractivity contribution in [3.05, 3.63) is 72.1 Å². The summed E-state index contributed by atoms with van der Waals surface area (Å²) in [6.45, 7) is 4.12. The second kappa shape index (κ2) is 10.3. The van der Waals surface area contributed by atoms with Crippen molar-refractivity contribution < 1.29 is 9.59 Å². The molecule has 1 aliphatic rings. The van der Waals surface area contributed by atoms with Crippen LogP contribution in [0.4, 0.5) is 0 Å². The molecule has 6 nitrogen and oxygen atoms in total. The number of hydrogen-bond donors (Lipinski definition) is 3. The zero-order chi connectivity index (χ0) is 20.5. The highest BCUT2D eigenvalue weighted by Crippen LogP contribution is 2.14. The summed E-state index contributed by atoms with van der Waals surface area (Å²) < 4.78 is 0. The average Bonchev–Trinajstić information content (AvgIpc) is 3.19. The van der Waals surface area contributed by atoms with E-state index in [1.165, 1.54) is 31.8 Å². The topological polar surface area (TPSA) is 77.2 Å². The third-order valence-electron chi connectivity index (χ3n) is 4.84. The van der Waals surface area contributed by atoms with Gasteiger partial charge < -0.3 is 9.88 Å². The zero-order valence-electron chi connectivity index (χ0n) is 16.8. The summed E-state index contributed by atoms with van der Waals surface area (Å²) in [4.78, 5) is 29.5. The summed E-state index contributed by atoms with van der Waals surface area (Å²) in [5, 5.41) is 0.944. The number of para-hydroxylation sites is 1. The summed E-state index contributed by atoms with van der Waals surface area (Å²) in [6, 6.07) is 9.36. The smallest absolute Gasteiger partial charge is 0.286 e. The van der Waals surface area contributed by atoms with Crippen LogP contribution in [0.1, 0.15) is 43.1 Å². The molecule has 29 heavy (non-hydrogen) atoms. The van der Waals surface area contributed by atoms with Crippen LogP contribution < -0.4 is 10.9 Å². The van der Waals surface area contributed by atoms with E-state index in [1.807, 2.05) is 30.3 Å². The number of nitrogens with one attached hydrogen (secondary N) is 3. The van der Waals surface area contributed by atoms with Crippen molar-refractivity contribution in [1.29, 1.82) is 0 Å². The third kappa shape index (κ3) is 6.10. The van der Waals surface area contributed by atoms with E-state index >= 15 is 0 Å². The van der Waals surface area contributed by atoms with Crippen molar-refractivity contribution in [3.63, 3.8) is 0 Å². The molecule has 2 heterocycles. The SMILES string of the molecule is CCCCCCN1C=CC(/C=C/C(=O)NNC(=O)c2cc3ccccc3[nH]2)=CC1. The maximum atomic E-state index is 12.2. The number of hydrazine groups is 1. The zero-order valence-corrected chi connectivity index (χ0v) is 16.8. The van der Waals surface area contributed by atoms with Gasteiger partial charge in [-0.2, -0.15) is 0 Å². The van der Waals surface area contributed by atoms with E-state index in [1.54, 1.807) is 12.1 Å². The average molecular weight is 393 g/mol. The molecule has 0 radical (unpaired) electrons. The minimum Gasteiger partial charge on any atom is -0.374 e. The molecular formula is C23H28N4O2. The molecule has 1 aromatic heterocycles. The van der Waals surface area contributed by atoms with Crippen LogP contribution in [0, 0.1) is 0 Å². The maximum Gasteiger partial charge on any atom is 0.286 e. The molecule has 0 saturated carbocycles. The lowest BCUT2D eigenvalue weighted by Crippen LogP contribution is -2.40. The van der Waals surface area contributed by atoms with Crippen LogP contribution in [-0.4, -0.2) is 34.8 Å². The maximum absolute atomic E-state index is 12.2. The van der Waals surface area contributed by atoms with Crippen molar-refractivity contribution in [1.82, 2.24) is 20.7 Å². The van der Waals surface area contributed by atoms with Gasteiger partial charge in [-0.05, 0) is 42.5 Å². The van der Waals surface area contributed by atoms with Gasteiger partial charge in [0.2, 0.25) is 0 Å². The van der Waals surface area contributed by atoms with E-state index in [9.17, 15) is 9.59 Å². The van der Waals surface area contributed by atoms with Crippen molar-refractivity contribution in [2.45, 2.75) is 32.6 Å². The van der Waals surface area contributed by atoms with Gasteiger partial charge in [0, 0.05) is 30.1 Å². The van der Waals surface area contributed by atoms with Gasteiger partial charge in [-0.1, -0.05) is 50.5 Å². The molecule has 0 unspecified atom stereocenters. The summed E-state index contributed by atoms with van der Waals surface area (Å²) in [5.41, 5.74) is 7.08. The number of carbonyl (C=O) groups excluding carboxylic acids is 2. The Morgan fingerprint density at radius 1 is 1.17 bits per heavy atom. The highest BCUT2D eigenvalue weighted by Gasteiger charge is 2.09. The van der Waals surface area contributed by atoms with E-state index in [4.69, 9.17) is 0 Å². The number of unbranched alkanes of at least 4 members (excludes halogenated alkanes) is 3. The first-order valence-electron chi connectivity index (χ1n) is 10.1. The largest absolute Gasteiger partial charge is 0.374 e. The molecule has 1 aliphatic heterocycles. The van der Waals surface area contributed by atoms with Crippen molar-refractivity contribution >= 4 is 22.7 Å². The first-order chi connectivity index (χ1) is 14.2. The van der Waals surface area contributed by atoms with Crippen LogP contribution >= 0.6 is 0 Å². The van der Waals surface area contributed by atoms with E-state index in [0.717, 1.165) is 29.6 Å². The number of aromatic amines is 1. The van der Waals surface area contributed by atoms with Gasteiger partial charge in [-0.25, -0.2) is 0 Å². The summed E-state index contributed by atoms with van der Waals surface area (Å²) >= 11 is 0. The fraction of sp³-hybridized carbons (Fsp3) is 0.304. The van der Waals surface area contributed by atoms with Gasteiger partial charge >= 0.3 is 0 Å². The number of benzene rings is 1. The third-order valence-corrected chi connectivity index (χ3v) is 4.84. The molecule has 3 rings (SSSR count). The highest BCUT2D eigenvalue weighted by atomic mass is 16.2. The molecule has 0 atom stereocenters. The molecule has 0 saturated heterocycles. The highest BCUT2D eigenvalue weighted by molar-refractivity contribution is 5.99. The Balaban J connectivity index is 1.41. The van der Waals surface area contributed by atoms with E-state index in [2.05, 4.69) is 39.9 Å². The fourth-order valence-corrected chi connectivity index (χ4v) is 3.17. The minimum atomic E-state index is -0.390. The number of hydrogen-bond acceptors (Lipinski definition) is 3. The van der Waals surface area contributed by atoms with Gasteiger partial charge in [0.1, 0.15) is 5.69 Å². The van der Waals surface area contributed by atoms with Gasteiger partial charge in [-0.15, -0.1) is 0 Å². The number of nitrogens with zero attached hydrogens (tertiary/aromatic N) is 1. The van der Waals surface area contributed by atoms with Crippen molar-refractivity contribution in [3.8, 4) is 0 Å². The first kappa shape index (κ1) is 20.5. The quantitative estimate of drug-likeness (QED) is 0.363. The number of rotatable bonds is 8. The molecule has 0 bridgehead atoms. The number of carbonyl (C=O) groups is 2. The Morgan fingerprint density at radius 2 is 2.03 bits per heavy atom. The monoisotopic (exact) mass is 392 g/mol. The molecule has 2 aromatic rings. The summed E-state index contributed by atoms with van der Waals surface area (Å²) in [5.74, 6) is -0.774. The number of allylic oxidation sites excluding steroid dienone is 3. The Bertz CT molecular complexity index is 906. The lowest BCUT2D eigenvalue weighted by atomic mass is 10.1. The van der Waals surface area contributed by atoms with Crippen LogP contribution in [0.15, 0.2) is 66.4 Å². The number of fused-ring (bicyclic) bond motifs is 1. The molecule has 0 fully saturated rings. The minimum absolute atomic E-state index is 0.384. The van der Waals surface area contributed by atoms with Crippen LogP contribution in [-0.2, 0) is 4.79 Å². The molecule has 2 amide bonds. The predicted molar refractivity (Wildman–Crippen MR) is 116 cm³/mol. The standard InChI is InChI=1S/C23H28N4O2/c1-2-3-4-7-14-27-15-12-18(13-16-27)10-11-22(28)25-26-23(29)21-17-19-8-5-6-9-20(19)24-21/h5-6,8-13,15,17,24H,2-4,7,14,16H2,1H3,(H,25,28)(H,26,29)/b11-10+. The Kier molecular flexibility index (Phi) is 7.28.